The lowest BCUT2D eigenvalue weighted by Gasteiger charge is -2.15. The van der Waals surface area contributed by atoms with Gasteiger partial charge in [0.05, 0.1) is 11.1 Å². The molecule has 1 atom stereocenters. The number of benzene rings is 2. The van der Waals surface area contributed by atoms with Crippen LogP contribution in [0.2, 0.25) is 0 Å². The molecule has 6 nitrogen and oxygen atoms in total. The summed E-state index contributed by atoms with van der Waals surface area (Å²) in [5.41, 5.74) is 1.76. The first kappa shape index (κ1) is 20.9. The first-order valence-electron chi connectivity index (χ1n) is 10.00. The van der Waals surface area contributed by atoms with Gasteiger partial charge < -0.3 is 10.1 Å². The lowest BCUT2D eigenvalue weighted by molar-refractivity contribution is -0.123. The van der Waals surface area contributed by atoms with Gasteiger partial charge in [-0.15, -0.1) is 11.8 Å². The van der Waals surface area contributed by atoms with E-state index in [0.29, 0.717) is 16.6 Å². The molecule has 0 radical (unpaired) electrons. The van der Waals surface area contributed by atoms with E-state index in [1.54, 1.807) is 12.1 Å². The van der Waals surface area contributed by atoms with Gasteiger partial charge in [0.2, 0.25) is 0 Å². The standard InChI is InChI=1S/C24H21N3O3S/c1-14(22(28)26-18-10-9-15-5-3-4-6-17(15)11-18)30-24(29)19-12-21(16-7-8-16)27-23(31-2)20(19)13-25/h3-6,9-12,14,16H,7-8H2,1-2H3,(H,26,28). The molecule has 4 rings (SSSR count). The number of fused-ring (bicyclic) bond motifs is 1. The van der Waals surface area contributed by atoms with Gasteiger partial charge in [0.25, 0.3) is 5.91 Å². The zero-order valence-electron chi connectivity index (χ0n) is 17.2. The average Bonchev–Trinajstić information content (AvgIpc) is 3.63. The van der Waals surface area contributed by atoms with Gasteiger partial charge in [0.1, 0.15) is 11.1 Å². The maximum absolute atomic E-state index is 12.8. The summed E-state index contributed by atoms with van der Waals surface area (Å²) in [7, 11) is 0. The molecule has 1 unspecified atom stereocenters. The number of aromatic nitrogens is 1. The van der Waals surface area contributed by atoms with Crippen molar-refractivity contribution in [2.45, 2.75) is 36.8 Å². The van der Waals surface area contributed by atoms with Crippen LogP contribution in [0.15, 0.2) is 53.6 Å². The molecule has 1 saturated carbocycles. The Morgan fingerprint density at radius 2 is 1.94 bits per heavy atom. The number of amides is 1. The van der Waals surface area contributed by atoms with E-state index in [9.17, 15) is 14.9 Å². The second-order valence-corrected chi connectivity index (χ2v) is 8.26. The van der Waals surface area contributed by atoms with Crippen molar-refractivity contribution >= 4 is 40.1 Å². The van der Waals surface area contributed by atoms with Crippen molar-refractivity contribution in [3.63, 3.8) is 0 Å². The number of nitrogens with one attached hydrogen (secondary N) is 1. The van der Waals surface area contributed by atoms with Crippen molar-refractivity contribution in [2.24, 2.45) is 0 Å². The number of hydrogen-bond acceptors (Lipinski definition) is 6. The van der Waals surface area contributed by atoms with Gasteiger partial charge in [-0.05, 0) is 55.0 Å². The Balaban J connectivity index is 1.50. The van der Waals surface area contributed by atoms with Crippen LogP contribution in [0.1, 0.15) is 47.3 Å². The molecule has 2 aromatic carbocycles. The molecule has 1 N–H and O–H groups in total. The summed E-state index contributed by atoms with van der Waals surface area (Å²) >= 11 is 1.32. The highest BCUT2D eigenvalue weighted by Gasteiger charge is 2.30. The summed E-state index contributed by atoms with van der Waals surface area (Å²) in [5.74, 6) is -0.820. The number of carbonyl (C=O) groups excluding carboxylic acids is 2. The fourth-order valence-corrected chi connectivity index (χ4v) is 3.89. The Labute approximate surface area is 184 Å². The molecule has 7 heteroatoms. The zero-order chi connectivity index (χ0) is 22.0. The molecule has 1 aromatic heterocycles. The van der Waals surface area contributed by atoms with E-state index in [1.165, 1.54) is 18.7 Å². The van der Waals surface area contributed by atoms with Crippen molar-refractivity contribution in [2.75, 3.05) is 11.6 Å². The molecule has 0 saturated heterocycles. The first-order valence-corrected chi connectivity index (χ1v) is 11.2. The minimum Gasteiger partial charge on any atom is -0.449 e. The Bertz CT molecular complexity index is 1210. The van der Waals surface area contributed by atoms with Gasteiger partial charge in [-0.1, -0.05) is 30.3 Å². The number of ether oxygens (including phenoxy) is 1. The van der Waals surface area contributed by atoms with Crippen LogP contribution in [-0.4, -0.2) is 29.2 Å². The molecule has 1 amide bonds. The first-order chi connectivity index (χ1) is 15.0. The average molecular weight is 432 g/mol. The normalized spacial score (nSPS) is 14.0. The van der Waals surface area contributed by atoms with Crippen LogP contribution in [0.3, 0.4) is 0 Å². The van der Waals surface area contributed by atoms with Crippen LogP contribution in [0, 0.1) is 11.3 Å². The van der Waals surface area contributed by atoms with Crippen molar-refractivity contribution in [3.05, 3.63) is 65.4 Å². The molecule has 31 heavy (non-hydrogen) atoms. The van der Waals surface area contributed by atoms with E-state index in [2.05, 4.69) is 16.4 Å². The van der Waals surface area contributed by atoms with E-state index in [-0.39, 0.29) is 11.1 Å². The predicted molar refractivity (Wildman–Crippen MR) is 120 cm³/mol. The molecule has 1 heterocycles. The topological polar surface area (TPSA) is 92.1 Å². The number of nitriles is 1. The number of rotatable bonds is 6. The van der Waals surface area contributed by atoms with Gasteiger partial charge >= 0.3 is 5.97 Å². The van der Waals surface area contributed by atoms with Crippen LogP contribution in [0.25, 0.3) is 10.8 Å². The number of carbonyl (C=O) groups is 2. The number of thioether (sulfide) groups is 1. The largest absolute Gasteiger partial charge is 0.449 e. The molecule has 0 aliphatic heterocycles. The van der Waals surface area contributed by atoms with E-state index in [1.807, 2.05) is 42.7 Å². The molecule has 1 aliphatic rings. The molecule has 0 spiro atoms. The molecular formula is C24H21N3O3S. The summed E-state index contributed by atoms with van der Waals surface area (Å²) in [6, 6.07) is 17.1. The predicted octanol–water partition coefficient (Wildman–Crippen LogP) is 4.89. The third kappa shape index (κ3) is 4.54. The fraction of sp³-hybridized carbons (Fsp3) is 0.250. The highest BCUT2D eigenvalue weighted by molar-refractivity contribution is 7.98. The highest BCUT2D eigenvalue weighted by atomic mass is 32.2. The minimum absolute atomic E-state index is 0.161. The summed E-state index contributed by atoms with van der Waals surface area (Å²) in [5, 5.41) is 14.9. The SMILES string of the molecule is CSc1nc(C2CC2)cc(C(=O)OC(C)C(=O)Nc2ccc3ccccc3c2)c1C#N. The minimum atomic E-state index is -1.03. The van der Waals surface area contributed by atoms with Crippen LogP contribution in [0.4, 0.5) is 5.69 Å². The number of pyridine rings is 1. The van der Waals surface area contributed by atoms with Crippen molar-refractivity contribution in [3.8, 4) is 6.07 Å². The summed E-state index contributed by atoms with van der Waals surface area (Å²) < 4.78 is 5.42. The fourth-order valence-electron chi connectivity index (χ4n) is 3.33. The molecule has 1 fully saturated rings. The third-order valence-corrected chi connectivity index (χ3v) is 5.88. The van der Waals surface area contributed by atoms with E-state index in [0.717, 1.165) is 29.3 Å². The summed E-state index contributed by atoms with van der Waals surface area (Å²) in [6.45, 7) is 1.51. The van der Waals surface area contributed by atoms with Gasteiger partial charge in [-0.3, -0.25) is 4.79 Å². The van der Waals surface area contributed by atoms with E-state index < -0.39 is 18.0 Å². The number of anilines is 1. The number of nitrogens with zero attached hydrogens (tertiary/aromatic N) is 2. The number of hydrogen-bond donors (Lipinski definition) is 1. The van der Waals surface area contributed by atoms with Crippen molar-refractivity contribution in [1.82, 2.24) is 4.98 Å². The molecule has 1 aliphatic carbocycles. The molecule has 3 aromatic rings. The third-order valence-electron chi connectivity index (χ3n) is 5.20. The van der Waals surface area contributed by atoms with Crippen LogP contribution >= 0.6 is 11.8 Å². The maximum Gasteiger partial charge on any atom is 0.340 e. The van der Waals surface area contributed by atoms with Crippen molar-refractivity contribution in [1.29, 1.82) is 5.26 Å². The van der Waals surface area contributed by atoms with Gasteiger partial charge in [-0.25, -0.2) is 9.78 Å². The van der Waals surface area contributed by atoms with Gasteiger partial charge in [0, 0.05) is 17.3 Å². The molecule has 156 valence electrons. The van der Waals surface area contributed by atoms with Crippen LogP contribution in [0.5, 0.6) is 0 Å². The summed E-state index contributed by atoms with van der Waals surface area (Å²) in [6.07, 6.45) is 2.83. The van der Waals surface area contributed by atoms with E-state index >= 15 is 0 Å². The van der Waals surface area contributed by atoms with Crippen LogP contribution < -0.4 is 5.32 Å². The quantitative estimate of drug-likeness (QED) is 0.441. The van der Waals surface area contributed by atoms with Gasteiger partial charge in [0.15, 0.2) is 6.10 Å². The maximum atomic E-state index is 12.8. The Hall–Kier alpha value is -3.37. The van der Waals surface area contributed by atoms with Gasteiger partial charge in [-0.2, -0.15) is 5.26 Å². The zero-order valence-corrected chi connectivity index (χ0v) is 18.0. The summed E-state index contributed by atoms with van der Waals surface area (Å²) in [4.78, 5) is 30.0. The Kier molecular flexibility index (Phi) is 5.92. The second kappa shape index (κ2) is 8.78. The highest BCUT2D eigenvalue weighted by Crippen LogP contribution is 2.40. The lowest BCUT2D eigenvalue weighted by Crippen LogP contribution is -2.30. The Morgan fingerprint density at radius 1 is 1.19 bits per heavy atom. The van der Waals surface area contributed by atoms with Crippen molar-refractivity contribution < 1.29 is 14.3 Å². The smallest absolute Gasteiger partial charge is 0.340 e. The number of esters is 1. The van der Waals surface area contributed by atoms with Crippen LogP contribution in [-0.2, 0) is 9.53 Å². The van der Waals surface area contributed by atoms with E-state index in [4.69, 9.17) is 4.74 Å². The molecular weight excluding hydrogens is 410 g/mol. The Morgan fingerprint density at radius 3 is 2.61 bits per heavy atom. The molecule has 0 bridgehead atoms. The lowest BCUT2D eigenvalue weighted by atomic mass is 10.1. The second-order valence-electron chi connectivity index (χ2n) is 7.46. The monoisotopic (exact) mass is 431 g/mol.